The minimum atomic E-state index is -0.850. The normalized spacial score (nSPS) is 14.4. The van der Waals surface area contributed by atoms with Crippen molar-refractivity contribution in [3.05, 3.63) is 30.1 Å². The maximum atomic E-state index is 11.4. The third kappa shape index (κ3) is 5.99. The van der Waals surface area contributed by atoms with Crippen molar-refractivity contribution in [2.24, 2.45) is 5.73 Å². The molecule has 6 nitrogen and oxygen atoms in total. The number of nitrogens with one attached hydrogen (secondary N) is 1. The van der Waals surface area contributed by atoms with Crippen LogP contribution in [0.25, 0.3) is 0 Å². The van der Waals surface area contributed by atoms with Gasteiger partial charge in [-0.1, -0.05) is 6.07 Å². The van der Waals surface area contributed by atoms with Gasteiger partial charge in [-0.25, -0.2) is 4.79 Å². The van der Waals surface area contributed by atoms with E-state index in [9.17, 15) is 9.90 Å². The highest BCUT2D eigenvalue weighted by Gasteiger charge is 2.19. The van der Waals surface area contributed by atoms with Gasteiger partial charge < -0.3 is 20.9 Å². The Labute approximate surface area is 119 Å². The molecule has 0 aromatic carbocycles. The first-order chi connectivity index (χ1) is 9.29. The van der Waals surface area contributed by atoms with E-state index in [1.54, 1.807) is 45.2 Å². The largest absolute Gasteiger partial charge is 0.444 e. The maximum Gasteiger partial charge on any atom is 0.407 e. The Balaban J connectivity index is 2.33. The van der Waals surface area contributed by atoms with Crippen LogP contribution in [0, 0.1) is 0 Å². The van der Waals surface area contributed by atoms with Gasteiger partial charge in [-0.05, 0) is 39.3 Å². The quantitative estimate of drug-likeness (QED) is 0.757. The van der Waals surface area contributed by atoms with Gasteiger partial charge in [0.25, 0.3) is 0 Å². The fourth-order valence-electron chi connectivity index (χ4n) is 1.58. The van der Waals surface area contributed by atoms with Gasteiger partial charge in [0, 0.05) is 18.8 Å². The number of aliphatic hydroxyl groups is 1. The predicted molar refractivity (Wildman–Crippen MR) is 76.0 cm³/mol. The Bertz CT molecular complexity index is 417. The summed E-state index contributed by atoms with van der Waals surface area (Å²) in [6.07, 6.45) is 0.690. The molecule has 0 aliphatic carbocycles. The Morgan fingerprint density at radius 2 is 2.20 bits per heavy atom. The van der Waals surface area contributed by atoms with Crippen molar-refractivity contribution in [3.63, 3.8) is 0 Å². The van der Waals surface area contributed by atoms with E-state index in [2.05, 4.69) is 10.3 Å². The molecule has 112 valence electrons. The Kier molecular flexibility index (Phi) is 5.91. The van der Waals surface area contributed by atoms with Crippen molar-refractivity contribution in [1.29, 1.82) is 0 Å². The van der Waals surface area contributed by atoms with Crippen molar-refractivity contribution < 1.29 is 14.6 Å². The Morgan fingerprint density at radius 3 is 2.75 bits per heavy atom. The number of pyridine rings is 1. The molecule has 0 radical (unpaired) electrons. The lowest BCUT2D eigenvalue weighted by molar-refractivity contribution is 0.0521. The van der Waals surface area contributed by atoms with Crippen LogP contribution in [0.15, 0.2) is 24.4 Å². The first-order valence-corrected chi connectivity index (χ1v) is 6.61. The van der Waals surface area contributed by atoms with Crippen molar-refractivity contribution in [1.82, 2.24) is 10.3 Å². The minimum absolute atomic E-state index is 0.333. The molecule has 1 aromatic rings. The fourth-order valence-corrected chi connectivity index (χ4v) is 1.58. The molecule has 1 amide bonds. The van der Waals surface area contributed by atoms with Crippen molar-refractivity contribution in [2.45, 2.75) is 44.9 Å². The van der Waals surface area contributed by atoms with Gasteiger partial charge in [-0.3, -0.25) is 4.98 Å². The Morgan fingerprint density at radius 1 is 1.50 bits per heavy atom. The maximum absolute atomic E-state index is 11.4. The minimum Gasteiger partial charge on any atom is -0.444 e. The van der Waals surface area contributed by atoms with Gasteiger partial charge in [0.05, 0.1) is 5.69 Å². The summed E-state index contributed by atoms with van der Waals surface area (Å²) in [7, 11) is 0. The van der Waals surface area contributed by atoms with Crippen LogP contribution in [0.1, 0.15) is 39.0 Å². The molecule has 0 saturated heterocycles. The predicted octanol–water partition coefficient (Wildman–Crippen LogP) is 1.36. The molecule has 1 rings (SSSR count). The number of nitrogens with zero attached hydrogens (tertiary/aromatic N) is 1. The van der Waals surface area contributed by atoms with Gasteiger partial charge in [0.1, 0.15) is 11.7 Å². The average molecular weight is 281 g/mol. The molecular weight excluding hydrogens is 258 g/mol. The zero-order valence-electron chi connectivity index (χ0n) is 12.2. The lowest BCUT2D eigenvalue weighted by Crippen LogP contribution is -2.37. The van der Waals surface area contributed by atoms with Crippen LogP contribution in [-0.2, 0) is 4.74 Å². The molecule has 1 aromatic heterocycles. The van der Waals surface area contributed by atoms with Crippen LogP contribution in [-0.4, -0.2) is 34.4 Å². The number of aromatic nitrogens is 1. The van der Waals surface area contributed by atoms with Crippen molar-refractivity contribution in [3.8, 4) is 0 Å². The number of carbonyl (C=O) groups excluding carboxylic acids is 1. The van der Waals surface area contributed by atoms with Crippen LogP contribution >= 0.6 is 0 Å². The SMILES string of the molecule is CC(C)(C)OC(=O)NCCC(N)C(O)c1ccccn1. The number of alkyl carbamates (subject to hydrolysis) is 1. The van der Waals surface area contributed by atoms with Crippen molar-refractivity contribution >= 4 is 6.09 Å². The monoisotopic (exact) mass is 281 g/mol. The Hall–Kier alpha value is -1.66. The molecule has 0 aliphatic heterocycles. The summed E-state index contributed by atoms with van der Waals surface area (Å²) in [5, 5.41) is 12.6. The number of ether oxygens (including phenoxy) is 1. The topological polar surface area (TPSA) is 97.5 Å². The van der Waals surface area contributed by atoms with E-state index >= 15 is 0 Å². The van der Waals surface area contributed by atoms with E-state index in [-0.39, 0.29) is 0 Å². The lowest BCUT2D eigenvalue weighted by atomic mass is 10.1. The smallest absolute Gasteiger partial charge is 0.407 e. The highest BCUT2D eigenvalue weighted by molar-refractivity contribution is 5.67. The van der Waals surface area contributed by atoms with E-state index < -0.39 is 23.8 Å². The number of nitrogens with two attached hydrogens (primary N) is 1. The highest BCUT2D eigenvalue weighted by atomic mass is 16.6. The fraction of sp³-hybridized carbons (Fsp3) is 0.571. The molecule has 2 unspecified atom stereocenters. The number of carbonyl (C=O) groups is 1. The number of amides is 1. The summed E-state index contributed by atoms with van der Waals surface area (Å²) in [6, 6.07) is 4.77. The summed E-state index contributed by atoms with van der Waals surface area (Å²) in [5.74, 6) is 0. The van der Waals surface area contributed by atoms with Crippen LogP contribution in [0.2, 0.25) is 0 Å². The lowest BCUT2D eigenvalue weighted by Gasteiger charge is -2.21. The summed E-state index contributed by atoms with van der Waals surface area (Å²) in [6.45, 7) is 5.72. The molecule has 6 heteroatoms. The molecule has 20 heavy (non-hydrogen) atoms. The van der Waals surface area contributed by atoms with E-state index in [0.717, 1.165) is 0 Å². The summed E-state index contributed by atoms with van der Waals surface area (Å²) >= 11 is 0. The van der Waals surface area contributed by atoms with Gasteiger partial charge in [-0.15, -0.1) is 0 Å². The molecule has 0 aliphatic rings. The number of hydrogen-bond acceptors (Lipinski definition) is 5. The number of hydrogen-bond donors (Lipinski definition) is 3. The van der Waals surface area contributed by atoms with Crippen LogP contribution < -0.4 is 11.1 Å². The third-order valence-electron chi connectivity index (χ3n) is 2.54. The molecule has 0 spiro atoms. The van der Waals surface area contributed by atoms with Crippen LogP contribution in [0.3, 0.4) is 0 Å². The molecule has 1 heterocycles. The zero-order chi connectivity index (χ0) is 15.2. The summed E-state index contributed by atoms with van der Waals surface area (Å²) in [5.41, 5.74) is 5.88. The van der Waals surface area contributed by atoms with E-state index in [0.29, 0.717) is 18.7 Å². The highest BCUT2D eigenvalue weighted by Crippen LogP contribution is 2.14. The van der Waals surface area contributed by atoms with Gasteiger partial charge in [0.2, 0.25) is 0 Å². The van der Waals surface area contributed by atoms with E-state index in [1.165, 1.54) is 0 Å². The number of aliphatic hydroxyl groups excluding tert-OH is 1. The second kappa shape index (κ2) is 7.21. The van der Waals surface area contributed by atoms with Crippen LogP contribution in [0.5, 0.6) is 0 Å². The van der Waals surface area contributed by atoms with Gasteiger partial charge in [-0.2, -0.15) is 0 Å². The van der Waals surface area contributed by atoms with Gasteiger partial charge >= 0.3 is 6.09 Å². The summed E-state index contributed by atoms with van der Waals surface area (Å²) < 4.78 is 5.10. The molecule has 0 fully saturated rings. The van der Waals surface area contributed by atoms with Gasteiger partial charge in [0.15, 0.2) is 0 Å². The standard InChI is InChI=1S/C14H23N3O3/c1-14(2,3)20-13(19)17-9-7-10(15)12(18)11-6-4-5-8-16-11/h4-6,8,10,12,18H,7,9,15H2,1-3H3,(H,17,19). The van der Waals surface area contributed by atoms with Crippen molar-refractivity contribution in [2.75, 3.05) is 6.54 Å². The molecule has 4 N–H and O–H groups in total. The zero-order valence-corrected chi connectivity index (χ0v) is 12.2. The third-order valence-corrected chi connectivity index (χ3v) is 2.54. The second-order valence-corrected chi connectivity index (χ2v) is 5.58. The number of rotatable bonds is 5. The second-order valence-electron chi connectivity index (χ2n) is 5.58. The molecule has 0 saturated carbocycles. The first kappa shape index (κ1) is 16.4. The average Bonchev–Trinajstić information content (AvgIpc) is 2.36. The summed E-state index contributed by atoms with van der Waals surface area (Å²) in [4.78, 5) is 15.5. The molecule has 2 atom stereocenters. The first-order valence-electron chi connectivity index (χ1n) is 6.61. The van der Waals surface area contributed by atoms with E-state index in [4.69, 9.17) is 10.5 Å². The molecular formula is C14H23N3O3. The van der Waals surface area contributed by atoms with Crippen LogP contribution in [0.4, 0.5) is 4.79 Å². The van der Waals surface area contributed by atoms with E-state index in [1.807, 2.05) is 0 Å². The molecule has 0 bridgehead atoms.